The molecule has 2 aromatic rings. The molecule has 0 radical (unpaired) electrons. The first kappa shape index (κ1) is 19.8. The topological polar surface area (TPSA) is 62.1 Å². The molecule has 3 rings (SSSR count). The molecule has 1 heterocycles. The number of anilines is 1. The molecule has 1 unspecified atom stereocenters. The first-order chi connectivity index (χ1) is 13.1. The van der Waals surface area contributed by atoms with Crippen molar-refractivity contribution in [3.8, 4) is 5.75 Å². The smallest absolute Gasteiger partial charge is 0.335 e. The number of methoxy groups -OCH3 is 1. The highest BCUT2D eigenvalue weighted by atomic mass is 19.2. The fraction of sp³-hybridized carbons (Fsp3) is 0.333. The van der Waals surface area contributed by atoms with Crippen LogP contribution >= 0.6 is 0 Å². The van der Waals surface area contributed by atoms with E-state index in [4.69, 9.17) is 9.84 Å². The van der Waals surface area contributed by atoms with Crippen molar-refractivity contribution in [2.75, 3.05) is 12.1 Å². The summed E-state index contributed by atoms with van der Waals surface area (Å²) >= 11 is 0. The van der Waals surface area contributed by atoms with Crippen LogP contribution in [0.2, 0.25) is 0 Å². The average Bonchev–Trinajstić information content (AvgIpc) is 3.09. The SMILES string of the molecule is COc1ccc(C2CC(C(C)(C)C)=NN2c2ccc(C(=O)O)cc2)c(F)c1F. The van der Waals surface area contributed by atoms with E-state index in [9.17, 15) is 13.6 Å². The van der Waals surface area contributed by atoms with Crippen molar-refractivity contribution in [3.05, 3.63) is 59.2 Å². The van der Waals surface area contributed by atoms with Crippen molar-refractivity contribution in [2.24, 2.45) is 10.5 Å². The molecule has 0 fully saturated rings. The molecule has 0 aromatic heterocycles. The molecule has 28 heavy (non-hydrogen) atoms. The molecule has 0 saturated carbocycles. The second kappa shape index (κ2) is 7.22. The Bertz CT molecular complexity index is 934. The number of hydrogen-bond donors (Lipinski definition) is 1. The van der Waals surface area contributed by atoms with Crippen LogP contribution in [0, 0.1) is 17.0 Å². The van der Waals surface area contributed by atoms with Crippen LogP contribution in [-0.4, -0.2) is 23.9 Å². The monoisotopic (exact) mass is 388 g/mol. The van der Waals surface area contributed by atoms with Gasteiger partial charge in [-0.05, 0) is 30.3 Å². The molecular formula is C21H22F2N2O3. The quantitative estimate of drug-likeness (QED) is 0.798. The van der Waals surface area contributed by atoms with Crippen LogP contribution in [0.3, 0.4) is 0 Å². The van der Waals surface area contributed by atoms with Crippen molar-refractivity contribution < 1.29 is 23.4 Å². The van der Waals surface area contributed by atoms with Gasteiger partial charge in [0.25, 0.3) is 0 Å². The number of nitrogens with zero attached hydrogens (tertiary/aromatic N) is 2. The molecular weight excluding hydrogens is 366 g/mol. The molecule has 7 heteroatoms. The average molecular weight is 388 g/mol. The van der Waals surface area contributed by atoms with Crippen molar-refractivity contribution in [2.45, 2.75) is 33.2 Å². The van der Waals surface area contributed by atoms with E-state index in [0.29, 0.717) is 12.1 Å². The van der Waals surface area contributed by atoms with E-state index in [1.807, 2.05) is 20.8 Å². The minimum Gasteiger partial charge on any atom is -0.494 e. The fourth-order valence-electron chi connectivity index (χ4n) is 3.16. The van der Waals surface area contributed by atoms with E-state index >= 15 is 0 Å². The number of hydrazone groups is 1. The summed E-state index contributed by atoms with van der Waals surface area (Å²) in [6.45, 7) is 6.01. The van der Waals surface area contributed by atoms with E-state index in [0.717, 1.165) is 5.71 Å². The lowest BCUT2D eigenvalue weighted by atomic mass is 9.85. The minimum absolute atomic E-state index is 0.140. The van der Waals surface area contributed by atoms with Gasteiger partial charge in [-0.3, -0.25) is 5.01 Å². The van der Waals surface area contributed by atoms with Gasteiger partial charge in [-0.15, -0.1) is 0 Å². The van der Waals surface area contributed by atoms with E-state index in [-0.39, 0.29) is 22.3 Å². The number of ether oxygens (including phenoxy) is 1. The maximum atomic E-state index is 14.8. The minimum atomic E-state index is -1.04. The van der Waals surface area contributed by atoms with Crippen LogP contribution in [-0.2, 0) is 0 Å². The Hall–Kier alpha value is -2.96. The lowest BCUT2D eigenvalue weighted by Crippen LogP contribution is -2.21. The summed E-state index contributed by atoms with van der Waals surface area (Å²) in [5.41, 5.74) is 1.50. The molecule has 1 atom stereocenters. The maximum Gasteiger partial charge on any atom is 0.335 e. The van der Waals surface area contributed by atoms with Crippen molar-refractivity contribution >= 4 is 17.4 Å². The Balaban J connectivity index is 2.07. The molecule has 1 aliphatic heterocycles. The zero-order chi connectivity index (χ0) is 20.6. The van der Waals surface area contributed by atoms with Gasteiger partial charge in [-0.25, -0.2) is 9.18 Å². The summed E-state index contributed by atoms with van der Waals surface area (Å²) in [7, 11) is 1.28. The lowest BCUT2D eigenvalue weighted by Gasteiger charge is -2.25. The van der Waals surface area contributed by atoms with Crippen LogP contribution in [0.4, 0.5) is 14.5 Å². The molecule has 0 spiro atoms. The van der Waals surface area contributed by atoms with Crippen LogP contribution < -0.4 is 9.75 Å². The fourth-order valence-corrected chi connectivity index (χ4v) is 3.16. The van der Waals surface area contributed by atoms with E-state index in [1.165, 1.54) is 31.4 Å². The Morgan fingerprint density at radius 2 is 1.79 bits per heavy atom. The number of benzene rings is 2. The normalized spacial score (nSPS) is 16.9. The highest BCUT2D eigenvalue weighted by molar-refractivity contribution is 5.93. The lowest BCUT2D eigenvalue weighted by molar-refractivity contribution is 0.0697. The van der Waals surface area contributed by atoms with Gasteiger partial charge in [-0.1, -0.05) is 26.8 Å². The zero-order valence-electron chi connectivity index (χ0n) is 16.2. The summed E-state index contributed by atoms with van der Waals surface area (Å²) in [5.74, 6) is -3.20. The van der Waals surface area contributed by atoms with Crippen molar-refractivity contribution in [1.29, 1.82) is 0 Å². The van der Waals surface area contributed by atoms with Gasteiger partial charge in [0.1, 0.15) is 0 Å². The van der Waals surface area contributed by atoms with E-state index in [2.05, 4.69) is 5.10 Å². The first-order valence-electron chi connectivity index (χ1n) is 8.86. The van der Waals surface area contributed by atoms with Crippen LogP contribution in [0.5, 0.6) is 5.75 Å². The number of carboxylic acids is 1. The summed E-state index contributed by atoms with van der Waals surface area (Å²) in [4.78, 5) is 11.1. The van der Waals surface area contributed by atoms with Crippen molar-refractivity contribution in [1.82, 2.24) is 0 Å². The Morgan fingerprint density at radius 3 is 2.32 bits per heavy atom. The van der Waals surface area contributed by atoms with Gasteiger partial charge in [0.15, 0.2) is 11.6 Å². The Kier molecular flexibility index (Phi) is 5.10. The molecule has 2 aromatic carbocycles. The molecule has 5 nitrogen and oxygen atoms in total. The van der Waals surface area contributed by atoms with Gasteiger partial charge in [0.2, 0.25) is 5.82 Å². The molecule has 0 bridgehead atoms. The van der Waals surface area contributed by atoms with Crippen LogP contribution in [0.15, 0.2) is 41.5 Å². The Labute approximate surface area is 162 Å². The standard InChI is InChI=1S/C21H22F2N2O3/c1-21(2,3)17-11-15(14-9-10-16(28-4)19(23)18(14)22)25(24-17)13-7-5-12(6-8-13)20(26)27/h5-10,15H,11H2,1-4H3,(H,26,27). The second-order valence-electron chi connectivity index (χ2n) is 7.70. The van der Waals surface area contributed by atoms with Gasteiger partial charge in [0, 0.05) is 23.1 Å². The Morgan fingerprint density at radius 1 is 1.14 bits per heavy atom. The molecule has 148 valence electrons. The van der Waals surface area contributed by atoms with Crippen LogP contribution in [0.25, 0.3) is 0 Å². The van der Waals surface area contributed by atoms with E-state index in [1.54, 1.807) is 17.1 Å². The molecule has 0 amide bonds. The number of rotatable bonds is 4. The first-order valence-corrected chi connectivity index (χ1v) is 8.86. The summed E-state index contributed by atoms with van der Waals surface area (Å²) in [6.07, 6.45) is 0.423. The van der Waals surface area contributed by atoms with Crippen molar-refractivity contribution in [3.63, 3.8) is 0 Å². The molecule has 0 saturated heterocycles. The third kappa shape index (κ3) is 3.56. The van der Waals surface area contributed by atoms with Gasteiger partial charge < -0.3 is 9.84 Å². The number of carboxylic acid groups (broad SMARTS) is 1. The predicted octanol–water partition coefficient (Wildman–Crippen LogP) is 5.03. The number of hydrogen-bond acceptors (Lipinski definition) is 4. The van der Waals surface area contributed by atoms with Crippen LogP contribution in [0.1, 0.15) is 49.2 Å². The second-order valence-corrected chi connectivity index (χ2v) is 7.70. The van der Waals surface area contributed by atoms with Gasteiger partial charge in [0.05, 0.1) is 24.4 Å². The third-order valence-electron chi connectivity index (χ3n) is 4.81. The zero-order valence-corrected chi connectivity index (χ0v) is 16.2. The van der Waals surface area contributed by atoms with Gasteiger partial charge >= 0.3 is 5.97 Å². The third-order valence-corrected chi connectivity index (χ3v) is 4.81. The number of carbonyl (C=O) groups is 1. The maximum absolute atomic E-state index is 14.8. The number of aromatic carboxylic acids is 1. The summed E-state index contributed by atoms with van der Waals surface area (Å²) < 4.78 is 33.9. The summed E-state index contributed by atoms with van der Waals surface area (Å²) in [5, 5.41) is 15.4. The summed E-state index contributed by atoms with van der Waals surface area (Å²) in [6, 6.07) is 8.50. The largest absolute Gasteiger partial charge is 0.494 e. The van der Waals surface area contributed by atoms with Gasteiger partial charge in [-0.2, -0.15) is 9.49 Å². The molecule has 1 N–H and O–H groups in total. The van der Waals surface area contributed by atoms with E-state index < -0.39 is 23.6 Å². The highest BCUT2D eigenvalue weighted by Gasteiger charge is 2.36. The number of halogens is 2. The highest BCUT2D eigenvalue weighted by Crippen LogP contribution is 2.41. The molecule has 0 aliphatic carbocycles. The molecule has 1 aliphatic rings. The predicted molar refractivity (Wildman–Crippen MR) is 103 cm³/mol.